The maximum atomic E-state index is 11.9. The zero-order chi connectivity index (χ0) is 14.8. The summed E-state index contributed by atoms with van der Waals surface area (Å²) in [6.07, 6.45) is 2.52. The van der Waals surface area contributed by atoms with E-state index >= 15 is 0 Å². The van der Waals surface area contributed by atoms with Gasteiger partial charge in [-0.1, -0.05) is 6.08 Å². The molecule has 0 aliphatic heterocycles. The zero-order valence-electron chi connectivity index (χ0n) is 11.3. The molecule has 0 aromatic heterocycles. The standard InChI is InChI=1S/C12H22N4O3/c1-3-5-9(15-4-2)12(19)16-8(11(14)18)6-7-10(13)17/h3,5,8,10,17H,4,6-7,13H2,1-2H3,(H2,14,18)(H,16,19). The van der Waals surface area contributed by atoms with E-state index in [1.54, 1.807) is 26.0 Å². The summed E-state index contributed by atoms with van der Waals surface area (Å²) < 4.78 is 0. The van der Waals surface area contributed by atoms with Gasteiger partial charge in [0.05, 0.1) is 0 Å². The molecule has 108 valence electrons. The number of nitrogens with two attached hydrogens (primary N) is 2. The van der Waals surface area contributed by atoms with E-state index in [4.69, 9.17) is 16.6 Å². The minimum Gasteiger partial charge on any atom is -0.379 e. The second-order valence-electron chi connectivity index (χ2n) is 3.93. The fraction of sp³-hybridized carbons (Fsp3) is 0.583. The van der Waals surface area contributed by atoms with Crippen molar-refractivity contribution in [1.82, 2.24) is 5.32 Å². The highest BCUT2D eigenvalue weighted by atomic mass is 16.3. The lowest BCUT2D eigenvalue weighted by molar-refractivity contribution is -0.124. The van der Waals surface area contributed by atoms with E-state index in [0.29, 0.717) is 6.54 Å². The van der Waals surface area contributed by atoms with Crippen LogP contribution in [0.25, 0.3) is 0 Å². The van der Waals surface area contributed by atoms with Crippen LogP contribution in [0.3, 0.4) is 0 Å². The largest absolute Gasteiger partial charge is 0.379 e. The van der Waals surface area contributed by atoms with Crippen LogP contribution in [0.15, 0.2) is 17.1 Å². The predicted molar refractivity (Wildman–Crippen MR) is 73.3 cm³/mol. The van der Waals surface area contributed by atoms with E-state index in [-0.39, 0.29) is 18.6 Å². The van der Waals surface area contributed by atoms with Crippen molar-refractivity contribution in [1.29, 1.82) is 0 Å². The Labute approximate surface area is 112 Å². The number of rotatable bonds is 8. The number of primary amides is 1. The van der Waals surface area contributed by atoms with Gasteiger partial charge in [0, 0.05) is 6.54 Å². The number of nitrogens with zero attached hydrogens (tertiary/aromatic N) is 1. The van der Waals surface area contributed by atoms with Gasteiger partial charge in [0.2, 0.25) is 5.91 Å². The summed E-state index contributed by atoms with van der Waals surface area (Å²) in [6.45, 7) is 4.01. The average Bonchev–Trinajstić information content (AvgIpc) is 2.33. The molecule has 0 saturated carbocycles. The topological polar surface area (TPSA) is 131 Å². The molecule has 0 spiro atoms. The molecule has 2 unspecified atom stereocenters. The van der Waals surface area contributed by atoms with Crippen LogP contribution in [-0.2, 0) is 9.59 Å². The molecule has 7 nitrogen and oxygen atoms in total. The van der Waals surface area contributed by atoms with Gasteiger partial charge in [-0.3, -0.25) is 14.6 Å². The van der Waals surface area contributed by atoms with Crippen molar-refractivity contribution in [2.75, 3.05) is 6.54 Å². The van der Waals surface area contributed by atoms with E-state index in [2.05, 4.69) is 10.3 Å². The Morgan fingerprint density at radius 2 is 2.05 bits per heavy atom. The van der Waals surface area contributed by atoms with Crippen LogP contribution in [0.2, 0.25) is 0 Å². The predicted octanol–water partition coefficient (Wildman–Crippen LogP) is -0.949. The number of carbonyl (C=O) groups is 2. The molecule has 0 saturated heterocycles. The van der Waals surface area contributed by atoms with Crippen molar-refractivity contribution in [2.45, 2.75) is 39.0 Å². The SMILES string of the molecule is CC=CC(=NCC)C(=O)NC(CCC(N)O)C(N)=O. The van der Waals surface area contributed by atoms with Crippen LogP contribution in [-0.4, -0.2) is 41.4 Å². The Hall–Kier alpha value is -1.73. The minimum absolute atomic E-state index is 0.164. The molecule has 0 fully saturated rings. The summed E-state index contributed by atoms with van der Waals surface area (Å²) in [4.78, 5) is 27.1. The maximum Gasteiger partial charge on any atom is 0.270 e. The van der Waals surface area contributed by atoms with E-state index in [9.17, 15) is 9.59 Å². The Bertz CT molecular complexity index is 364. The number of carbonyl (C=O) groups excluding carboxylic acids is 2. The van der Waals surface area contributed by atoms with Gasteiger partial charge in [-0.25, -0.2) is 0 Å². The highest BCUT2D eigenvalue weighted by Gasteiger charge is 2.20. The fourth-order valence-electron chi connectivity index (χ4n) is 1.38. The molecule has 19 heavy (non-hydrogen) atoms. The van der Waals surface area contributed by atoms with Crippen LogP contribution < -0.4 is 16.8 Å². The first-order valence-corrected chi connectivity index (χ1v) is 6.13. The summed E-state index contributed by atoms with van der Waals surface area (Å²) >= 11 is 0. The number of amides is 2. The molecule has 0 heterocycles. The Kier molecular flexibility index (Phi) is 8.39. The second kappa shape index (κ2) is 9.23. The Balaban J connectivity index is 4.69. The average molecular weight is 270 g/mol. The molecule has 7 heteroatoms. The number of hydrogen-bond donors (Lipinski definition) is 4. The highest BCUT2D eigenvalue weighted by Crippen LogP contribution is 1.99. The van der Waals surface area contributed by atoms with Crippen molar-refractivity contribution >= 4 is 17.5 Å². The van der Waals surface area contributed by atoms with Crippen molar-refractivity contribution < 1.29 is 14.7 Å². The molecule has 6 N–H and O–H groups in total. The third-order valence-corrected chi connectivity index (χ3v) is 2.29. The van der Waals surface area contributed by atoms with Crippen LogP contribution in [0.1, 0.15) is 26.7 Å². The van der Waals surface area contributed by atoms with E-state index in [1.807, 2.05) is 0 Å². The van der Waals surface area contributed by atoms with E-state index in [0.717, 1.165) is 0 Å². The quantitative estimate of drug-likeness (QED) is 0.334. The number of allylic oxidation sites excluding steroid dienone is 1. The first-order chi connectivity index (χ1) is 8.92. The molecule has 0 bridgehead atoms. The molecule has 0 aliphatic carbocycles. The molecular weight excluding hydrogens is 248 g/mol. The number of aliphatic hydroxyl groups excluding tert-OH is 1. The molecule has 0 radical (unpaired) electrons. The van der Waals surface area contributed by atoms with Crippen LogP contribution in [0.4, 0.5) is 0 Å². The molecule has 2 amide bonds. The first-order valence-electron chi connectivity index (χ1n) is 6.13. The summed E-state index contributed by atoms with van der Waals surface area (Å²) in [7, 11) is 0. The summed E-state index contributed by atoms with van der Waals surface area (Å²) in [5, 5.41) is 11.5. The van der Waals surface area contributed by atoms with Gasteiger partial charge >= 0.3 is 0 Å². The number of aliphatic imine (C=N–C) groups is 1. The van der Waals surface area contributed by atoms with Gasteiger partial charge in [-0.2, -0.15) is 0 Å². The minimum atomic E-state index is -1.04. The van der Waals surface area contributed by atoms with E-state index < -0.39 is 24.1 Å². The zero-order valence-corrected chi connectivity index (χ0v) is 11.3. The van der Waals surface area contributed by atoms with Crippen molar-refractivity contribution in [3.8, 4) is 0 Å². The maximum absolute atomic E-state index is 11.9. The monoisotopic (exact) mass is 270 g/mol. The highest BCUT2D eigenvalue weighted by molar-refractivity contribution is 6.43. The van der Waals surface area contributed by atoms with Gasteiger partial charge < -0.3 is 21.9 Å². The lowest BCUT2D eigenvalue weighted by Crippen LogP contribution is -2.47. The van der Waals surface area contributed by atoms with Gasteiger partial charge in [-0.05, 0) is 32.8 Å². The Morgan fingerprint density at radius 1 is 1.42 bits per heavy atom. The fourth-order valence-corrected chi connectivity index (χ4v) is 1.38. The lowest BCUT2D eigenvalue weighted by Gasteiger charge is -2.16. The molecular formula is C12H22N4O3. The lowest BCUT2D eigenvalue weighted by atomic mass is 10.1. The third kappa shape index (κ3) is 7.32. The number of aliphatic hydroxyl groups is 1. The van der Waals surface area contributed by atoms with Gasteiger partial charge in [0.25, 0.3) is 5.91 Å². The van der Waals surface area contributed by atoms with Crippen LogP contribution >= 0.6 is 0 Å². The molecule has 0 aromatic carbocycles. The van der Waals surface area contributed by atoms with Gasteiger partial charge in [0.15, 0.2) is 0 Å². The summed E-state index contributed by atoms with van der Waals surface area (Å²) in [5.41, 5.74) is 10.6. The summed E-state index contributed by atoms with van der Waals surface area (Å²) in [6, 6.07) is -0.877. The van der Waals surface area contributed by atoms with Crippen molar-refractivity contribution in [3.05, 3.63) is 12.2 Å². The molecule has 2 atom stereocenters. The van der Waals surface area contributed by atoms with Crippen molar-refractivity contribution in [2.24, 2.45) is 16.5 Å². The smallest absolute Gasteiger partial charge is 0.270 e. The van der Waals surface area contributed by atoms with Gasteiger partial charge in [-0.15, -0.1) is 0 Å². The number of hydrogen-bond acceptors (Lipinski definition) is 5. The normalized spacial score (nSPS) is 15.3. The molecule has 0 rings (SSSR count). The molecule has 0 aliphatic rings. The second-order valence-corrected chi connectivity index (χ2v) is 3.93. The van der Waals surface area contributed by atoms with E-state index in [1.165, 1.54) is 0 Å². The summed E-state index contributed by atoms with van der Waals surface area (Å²) in [5.74, 6) is -1.15. The van der Waals surface area contributed by atoms with Crippen molar-refractivity contribution in [3.63, 3.8) is 0 Å². The van der Waals surface area contributed by atoms with Gasteiger partial charge in [0.1, 0.15) is 18.0 Å². The third-order valence-electron chi connectivity index (χ3n) is 2.29. The Morgan fingerprint density at radius 3 is 2.47 bits per heavy atom. The van der Waals surface area contributed by atoms with Crippen LogP contribution in [0.5, 0.6) is 0 Å². The number of nitrogens with one attached hydrogen (secondary N) is 1. The molecule has 0 aromatic rings. The van der Waals surface area contributed by atoms with Crippen LogP contribution in [0, 0.1) is 0 Å². The first kappa shape index (κ1) is 17.3.